The summed E-state index contributed by atoms with van der Waals surface area (Å²) in [5, 5.41) is 15.2. The van der Waals surface area contributed by atoms with Gasteiger partial charge < -0.3 is 10.6 Å². The third kappa shape index (κ3) is 4.08. The number of aryl methyl sites for hydroxylation is 1. The van der Waals surface area contributed by atoms with Gasteiger partial charge in [-0.2, -0.15) is 0 Å². The maximum absolute atomic E-state index is 13.0. The van der Waals surface area contributed by atoms with Crippen LogP contribution in [0, 0.1) is 13.8 Å². The Bertz CT molecular complexity index is 847. The van der Waals surface area contributed by atoms with E-state index in [0.717, 1.165) is 44.5 Å². The second-order valence-corrected chi connectivity index (χ2v) is 8.79. The van der Waals surface area contributed by atoms with Crippen molar-refractivity contribution < 1.29 is 4.79 Å². The van der Waals surface area contributed by atoms with Crippen LogP contribution in [0.3, 0.4) is 0 Å². The molecule has 2 aromatic rings. The van der Waals surface area contributed by atoms with Gasteiger partial charge in [0.25, 0.3) is 5.91 Å². The molecule has 1 amide bonds. The molecule has 0 bridgehead atoms. The molecular formula is C23H33N5O. The van der Waals surface area contributed by atoms with E-state index in [0.29, 0.717) is 18.3 Å². The Morgan fingerprint density at radius 1 is 1.17 bits per heavy atom. The van der Waals surface area contributed by atoms with Crippen LogP contribution in [-0.4, -0.2) is 40.5 Å². The van der Waals surface area contributed by atoms with Crippen molar-refractivity contribution in [2.45, 2.75) is 70.3 Å². The van der Waals surface area contributed by atoms with Gasteiger partial charge in [0.05, 0.1) is 11.7 Å². The summed E-state index contributed by atoms with van der Waals surface area (Å²) in [5.41, 5.74) is 4.08. The molecule has 1 aromatic carbocycles. The summed E-state index contributed by atoms with van der Waals surface area (Å²) in [6.45, 7) is 6.79. The fraction of sp³-hybridized carbons (Fsp3) is 0.609. The lowest BCUT2D eigenvalue weighted by Crippen LogP contribution is -2.43. The highest BCUT2D eigenvalue weighted by Gasteiger charge is 2.35. The maximum atomic E-state index is 13.0. The molecule has 4 rings (SSSR count). The van der Waals surface area contributed by atoms with E-state index in [1.165, 1.54) is 30.4 Å². The fourth-order valence-electron chi connectivity index (χ4n) is 5.22. The second kappa shape index (κ2) is 8.66. The predicted molar refractivity (Wildman–Crippen MR) is 114 cm³/mol. The van der Waals surface area contributed by atoms with E-state index in [-0.39, 0.29) is 11.3 Å². The molecule has 2 heterocycles. The molecular weight excluding hydrogens is 362 g/mol. The molecule has 2 fully saturated rings. The summed E-state index contributed by atoms with van der Waals surface area (Å²) in [6, 6.07) is 8.97. The Balaban J connectivity index is 1.50. The monoisotopic (exact) mass is 395 g/mol. The normalized spacial score (nSPS) is 19.8. The predicted octanol–water partition coefficient (Wildman–Crippen LogP) is 3.45. The average Bonchev–Trinajstić information content (AvgIpc) is 3.15. The Hall–Kier alpha value is -2.21. The number of carbonyl (C=O) groups excluding carboxylic acids is 1. The van der Waals surface area contributed by atoms with Crippen molar-refractivity contribution in [2.75, 3.05) is 19.6 Å². The third-order valence-corrected chi connectivity index (χ3v) is 6.91. The molecule has 6 heteroatoms. The first-order valence-electron chi connectivity index (χ1n) is 11.1. The average molecular weight is 396 g/mol. The molecule has 29 heavy (non-hydrogen) atoms. The fourth-order valence-corrected chi connectivity index (χ4v) is 5.22. The van der Waals surface area contributed by atoms with Gasteiger partial charge in [-0.15, -0.1) is 5.10 Å². The summed E-state index contributed by atoms with van der Waals surface area (Å²) in [5.74, 6) is -0.0961. The van der Waals surface area contributed by atoms with Gasteiger partial charge >= 0.3 is 0 Å². The standard InChI is InChI=1S/C23H33N5O/c1-17-8-4-5-9-20(17)23(12-6-3-7-13-23)16-25-22(29)21-18(2)28(27-26-21)19-10-14-24-15-11-19/h4-5,8-9,19,24H,3,6-7,10-16H2,1-2H3,(H,25,29). The van der Waals surface area contributed by atoms with Gasteiger partial charge in [0.15, 0.2) is 5.69 Å². The van der Waals surface area contributed by atoms with Crippen LogP contribution in [0.4, 0.5) is 0 Å². The Morgan fingerprint density at radius 2 is 1.90 bits per heavy atom. The maximum Gasteiger partial charge on any atom is 0.273 e. The van der Waals surface area contributed by atoms with Gasteiger partial charge in [-0.05, 0) is 63.7 Å². The lowest BCUT2D eigenvalue weighted by atomic mass is 9.68. The quantitative estimate of drug-likeness (QED) is 0.813. The number of hydrogen-bond donors (Lipinski definition) is 2. The number of hydrogen-bond acceptors (Lipinski definition) is 4. The van der Waals surface area contributed by atoms with E-state index in [2.05, 4.69) is 52.1 Å². The number of aromatic nitrogens is 3. The highest BCUT2D eigenvalue weighted by molar-refractivity contribution is 5.93. The van der Waals surface area contributed by atoms with Crippen molar-refractivity contribution in [3.63, 3.8) is 0 Å². The molecule has 1 aliphatic carbocycles. The van der Waals surface area contributed by atoms with Crippen molar-refractivity contribution in [1.29, 1.82) is 0 Å². The first-order chi connectivity index (χ1) is 14.1. The van der Waals surface area contributed by atoms with Crippen LogP contribution >= 0.6 is 0 Å². The van der Waals surface area contributed by atoms with Crippen molar-refractivity contribution in [2.24, 2.45) is 0 Å². The van der Waals surface area contributed by atoms with E-state index in [4.69, 9.17) is 0 Å². The summed E-state index contributed by atoms with van der Waals surface area (Å²) < 4.78 is 1.95. The minimum atomic E-state index is -0.0961. The van der Waals surface area contributed by atoms with Gasteiger partial charge in [0, 0.05) is 12.0 Å². The highest BCUT2D eigenvalue weighted by atomic mass is 16.2. The molecule has 2 N–H and O–H groups in total. The van der Waals surface area contributed by atoms with Crippen molar-refractivity contribution in [3.8, 4) is 0 Å². The molecule has 0 radical (unpaired) electrons. The molecule has 156 valence electrons. The van der Waals surface area contributed by atoms with Gasteiger partial charge in [0.2, 0.25) is 0 Å². The number of amides is 1. The van der Waals surface area contributed by atoms with Crippen LogP contribution in [0.5, 0.6) is 0 Å². The Kier molecular flexibility index (Phi) is 5.99. The smallest absolute Gasteiger partial charge is 0.273 e. The van der Waals surface area contributed by atoms with E-state index in [1.807, 2.05) is 11.6 Å². The van der Waals surface area contributed by atoms with Gasteiger partial charge in [-0.3, -0.25) is 4.79 Å². The molecule has 1 saturated heterocycles. The van der Waals surface area contributed by atoms with Gasteiger partial charge in [-0.1, -0.05) is 48.7 Å². The number of rotatable bonds is 5. The van der Waals surface area contributed by atoms with Crippen LogP contribution in [0.15, 0.2) is 24.3 Å². The first-order valence-corrected chi connectivity index (χ1v) is 11.1. The lowest BCUT2D eigenvalue weighted by molar-refractivity contribution is 0.0930. The molecule has 6 nitrogen and oxygen atoms in total. The zero-order valence-corrected chi connectivity index (χ0v) is 17.7. The number of benzene rings is 1. The molecule has 2 aliphatic rings. The van der Waals surface area contributed by atoms with Crippen LogP contribution in [-0.2, 0) is 5.41 Å². The molecule has 0 unspecified atom stereocenters. The van der Waals surface area contributed by atoms with Crippen LogP contribution in [0.25, 0.3) is 0 Å². The number of piperidine rings is 1. The zero-order chi connectivity index (χ0) is 20.3. The molecule has 1 aromatic heterocycles. The van der Waals surface area contributed by atoms with E-state index >= 15 is 0 Å². The highest BCUT2D eigenvalue weighted by Crippen LogP contribution is 2.40. The molecule has 1 saturated carbocycles. The minimum absolute atomic E-state index is 0.0260. The number of carbonyl (C=O) groups is 1. The SMILES string of the molecule is Cc1ccccc1C1(CNC(=O)c2nnn(C3CCNCC3)c2C)CCCCC1. The first kappa shape index (κ1) is 20.1. The van der Waals surface area contributed by atoms with Crippen LogP contribution in [0.1, 0.15) is 78.3 Å². The van der Waals surface area contributed by atoms with Crippen molar-refractivity contribution >= 4 is 5.91 Å². The summed E-state index contributed by atoms with van der Waals surface area (Å²) in [4.78, 5) is 13.0. The van der Waals surface area contributed by atoms with E-state index in [1.54, 1.807) is 0 Å². The molecule has 0 spiro atoms. The molecule has 1 aliphatic heterocycles. The third-order valence-electron chi connectivity index (χ3n) is 6.91. The molecule has 0 atom stereocenters. The summed E-state index contributed by atoms with van der Waals surface area (Å²) in [7, 11) is 0. The Labute approximate surface area is 173 Å². The van der Waals surface area contributed by atoms with E-state index in [9.17, 15) is 4.79 Å². The van der Waals surface area contributed by atoms with Crippen LogP contribution < -0.4 is 10.6 Å². The van der Waals surface area contributed by atoms with Gasteiger partial charge in [0.1, 0.15) is 0 Å². The van der Waals surface area contributed by atoms with Crippen molar-refractivity contribution in [3.05, 3.63) is 46.8 Å². The van der Waals surface area contributed by atoms with Gasteiger partial charge in [-0.25, -0.2) is 4.68 Å². The lowest BCUT2D eigenvalue weighted by Gasteiger charge is -2.39. The topological polar surface area (TPSA) is 71.8 Å². The second-order valence-electron chi connectivity index (χ2n) is 8.79. The van der Waals surface area contributed by atoms with Crippen molar-refractivity contribution in [1.82, 2.24) is 25.6 Å². The van der Waals surface area contributed by atoms with Crippen LogP contribution in [0.2, 0.25) is 0 Å². The van der Waals surface area contributed by atoms with E-state index < -0.39 is 0 Å². The minimum Gasteiger partial charge on any atom is -0.350 e. The largest absolute Gasteiger partial charge is 0.350 e. The number of nitrogens with zero attached hydrogens (tertiary/aromatic N) is 3. The summed E-state index contributed by atoms with van der Waals surface area (Å²) in [6.07, 6.45) is 8.02. The number of nitrogens with one attached hydrogen (secondary N) is 2. The summed E-state index contributed by atoms with van der Waals surface area (Å²) >= 11 is 0. The zero-order valence-electron chi connectivity index (χ0n) is 17.7. The Morgan fingerprint density at radius 3 is 2.62 bits per heavy atom.